The summed E-state index contributed by atoms with van der Waals surface area (Å²) in [5.41, 5.74) is 0.927. The molecule has 0 saturated heterocycles. The van der Waals surface area contributed by atoms with Crippen molar-refractivity contribution in [2.24, 2.45) is 0 Å². The van der Waals surface area contributed by atoms with E-state index in [1.807, 2.05) is 12.1 Å². The molecule has 12 heavy (non-hydrogen) atoms. The van der Waals surface area contributed by atoms with E-state index >= 15 is 0 Å². The average molecular weight is 183 g/mol. The summed E-state index contributed by atoms with van der Waals surface area (Å²) in [7, 11) is 1.59. The number of rotatable bonds is 1. The van der Waals surface area contributed by atoms with Crippen molar-refractivity contribution in [2.75, 3.05) is 7.11 Å². The van der Waals surface area contributed by atoms with Gasteiger partial charge in [-0.1, -0.05) is 11.6 Å². The van der Waals surface area contributed by atoms with Gasteiger partial charge >= 0.3 is 0 Å². The molecule has 0 aliphatic heterocycles. The highest BCUT2D eigenvalue weighted by Gasteiger charge is 2.03. The Morgan fingerprint density at radius 2 is 2.33 bits per heavy atom. The van der Waals surface area contributed by atoms with Crippen molar-refractivity contribution in [1.82, 2.24) is 10.2 Å². The lowest BCUT2D eigenvalue weighted by Crippen LogP contribution is -1.83. The van der Waals surface area contributed by atoms with E-state index in [0.717, 1.165) is 10.9 Å². The number of benzene rings is 1. The highest BCUT2D eigenvalue weighted by Crippen LogP contribution is 2.28. The van der Waals surface area contributed by atoms with Crippen LogP contribution in [0.4, 0.5) is 0 Å². The summed E-state index contributed by atoms with van der Waals surface area (Å²) in [5, 5.41) is 8.30. The predicted octanol–water partition coefficient (Wildman–Crippen LogP) is 2.22. The maximum Gasteiger partial charge on any atom is 0.139 e. The van der Waals surface area contributed by atoms with E-state index in [9.17, 15) is 0 Å². The molecule has 1 N–H and O–H groups in total. The Bertz CT molecular complexity index is 410. The number of aromatic amines is 1. The number of methoxy groups -OCH3 is 1. The van der Waals surface area contributed by atoms with Gasteiger partial charge in [0.15, 0.2) is 0 Å². The second-order valence-corrected chi connectivity index (χ2v) is 2.85. The van der Waals surface area contributed by atoms with Gasteiger partial charge in [0.25, 0.3) is 0 Å². The van der Waals surface area contributed by atoms with Gasteiger partial charge in [-0.05, 0) is 6.07 Å². The summed E-state index contributed by atoms with van der Waals surface area (Å²) in [6.45, 7) is 0. The van der Waals surface area contributed by atoms with Crippen molar-refractivity contribution in [3.63, 3.8) is 0 Å². The summed E-state index contributed by atoms with van der Waals surface area (Å²) in [5.74, 6) is 0.661. The van der Waals surface area contributed by atoms with Gasteiger partial charge in [-0.3, -0.25) is 5.10 Å². The van der Waals surface area contributed by atoms with Crippen molar-refractivity contribution in [3.05, 3.63) is 23.4 Å². The topological polar surface area (TPSA) is 37.9 Å². The average Bonchev–Trinajstić information content (AvgIpc) is 2.49. The minimum atomic E-state index is 0.603. The van der Waals surface area contributed by atoms with Crippen molar-refractivity contribution in [1.29, 1.82) is 0 Å². The number of nitrogens with one attached hydrogen (secondary N) is 1. The first-order valence-corrected chi connectivity index (χ1v) is 3.85. The Kier molecular flexibility index (Phi) is 1.66. The monoisotopic (exact) mass is 182 g/mol. The number of hydrogen-bond donors (Lipinski definition) is 1. The van der Waals surface area contributed by atoms with Crippen LogP contribution in [-0.2, 0) is 0 Å². The Morgan fingerprint density at radius 3 is 3.08 bits per heavy atom. The molecule has 2 rings (SSSR count). The van der Waals surface area contributed by atoms with E-state index < -0.39 is 0 Å². The number of H-pyrrole nitrogens is 1. The summed E-state index contributed by atoms with van der Waals surface area (Å²) in [4.78, 5) is 0. The molecule has 62 valence electrons. The smallest absolute Gasteiger partial charge is 0.139 e. The minimum Gasteiger partial charge on any atom is -0.495 e. The molecule has 2 aromatic rings. The zero-order chi connectivity index (χ0) is 8.55. The van der Waals surface area contributed by atoms with Gasteiger partial charge in [-0.2, -0.15) is 5.10 Å². The quantitative estimate of drug-likeness (QED) is 0.735. The van der Waals surface area contributed by atoms with Crippen molar-refractivity contribution in [2.45, 2.75) is 0 Å². The van der Waals surface area contributed by atoms with Gasteiger partial charge in [0, 0.05) is 11.5 Å². The lowest BCUT2D eigenvalue weighted by Gasteiger charge is -2.01. The van der Waals surface area contributed by atoms with Crippen LogP contribution in [0.3, 0.4) is 0 Å². The molecule has 0 radical (unpaired) electrons. The van der Waals surface area contributed by atoms with E-state index in [2.05, 4.69) is 10.2 Å². The predicted molar refractivity (Wildman–Crippen MR) is 47.7 cm³/mol. The molecular weight excluding hydrogens is 176 g/mol. The van der Waals surface area contributed by atoms with Gasteiger partial charge < -0.3 is 4.74 Å². The molecule has 0 saturated carbocycles. The molecule has 0 unspecified atom stereocenters. The molecule has 3 nitrogen and oxygen atoms in total. The van der Waals surface area contributed by atoms with Crippen LogP contribution in [0, 0.1) is 0 Å². The highest BCUT2D eigenvalue weighted by atomic mass is 35.5. The van der Waals surface area contributed by atoms with Crippen molar-refractivity contribution < 1.29 is 4.74 Å². The van der Waals surface area contributed by atoms with E-state index in [4.69, 9.17) is 16.3 Å². The first-order valence-electron chi connectivity index (χ1n) is 3.48. The van der Waals surface area contributed by atoms with Crippen LogP contribution < -0.4 is 4.74 Å². The van der Waals surface area contributed by atoms with Gasteiger partial charge in [0.05, 0.1) is 23.8 Å². The molecular formula is C8H7ClN2O. The van der Waals surface area contributed by atoms with Crippen LogP contribution in [0.5, 0.6) is 5.75 Å². The summed E-state index contributed by atoms with van der Waals surface area (Å²) >= 11 is 5.89. The first kappa shape index (κ1) is 7.43. The SMILES string of the molecule is COc1cc2[nH]ncc2cc1Cl. The van der Waals surface area contributed by atoms with Crippen LogP contribution in [0.15, 0.2) is 18.3 Å². The molecule has 1 heterocycles. The molecule has 0 spiro atoms. The Morgan fingerprint density at radius 1 is 1.50 bits per heavy atom. The third-order valence-electron chi connectivity index (χ3n) is 1.71. The maximum absolute atomic E-state index is 5.89. The molecule has 0 bridgehead atoms. The van der Waals surface area contributed by atoms with Crippen LogP contribution in [-0.4, -0.2) is 17.3 Å². The number of nitrogens with zero attached hydrogens (tertiary/aromatic N) is 1. The third-order valence-corrected chi connectivity index (χ3v) is 2.01. The number of fused-ring (bicyclic) bond motifs is 1. The molecule has 0 aliphatic carbocycles. The molecule has 0 amide bonds. The lowest BCUT2D eigenvalue weighted by atomic mass is 10.2. The largest absolute Gasteiger partial charge is 0.495 e. The second-order valence-electron chi connectivity index (χ2n) is 2.44. The van der Waals surface area contributed by atoms with Gasteiger partial charge in [-0.25, -0.2) is 0 Å². The highest BCUT2D eigenvalue weighted by molar-refractivity contribution is 6.32. The van der Waals surface area contributed by atoms with Crippen LogP contribution >= 0.6 is 11.6 Å². The number of ether oxygens (including phenoxy) is 1. The Hall–Kier alpha value is -1.22. The molecule has 4 heteroatoms. The Balaban J connectivity index is 2.73. The van der Waals surface area contributed by atoms with Gasteiger partial charge in [-0.15, -0.1) is 0 Å². The molecule has 1 aromatic carbocycles. The Labute approximate surface area is 74.3 Å². The molecule has 0 aliphatic rings. The fourth-order valence-corrected chi connectivity index (χ4v) is 1.35. The third kappa shape index (κ3) is 1.02. The standard InChI is InChI=1S/C8H7ClN2O/c1-12-8-3-7-5(2-6(8)9)4-10-11-7/h2-4H,1H3,(H,10,11). The lowest BCUT2D eigenvalue weighted by molar-refractivity contribution is 0.415. The fraction of sp³-hybridized carbons (Fsp3) is 0.125. The molecule has 1 aromatic heterocycles. The fourth-order valence-electron chi connectivity index (χ4n) is 1.10. The van der Waals surface area contributed by atoms with Gasteiger partial charge in [0.2, 0.25) is 0 Å². The summed E-state index contributed by atoms with van der Waals surface area (Å²) in [6.07, 6.45) is 1.72. The normalized spacial score (nSPS) is 10.5. The van der Waals surface area contributed by atoms with Gasteiger partial charge in [0.1, 0.15) is 5.75 Å². The second kappa shape index (κ2) is 2.68. The summed E-state index contributed by atoms with van der Waals surface area (Å²) in [6, 6.07) is 3.64. The zero-order valence-electron chi connectivity index (χ0n) is 6.47. The van der Waals surface area contributed by atoms with E-state index in [-0.39, 0.29) is 0 Å². The molecule has 0 atom stereocenters. The number of aromatic nitrogens is 2. The van der Waals surface area contributed by atoms with Crippen molar-refractivity contribution >= 4 is 22.5 Å². The number of hydrogen-bond acceptors (Lipinski definition) is 2. The van der Waals surface area contributed by atoms with Crippen LogP contribution in [0.2, 0.25) is 5.02 Å². The van der Waals surface area contributed by atoms with Crippen LogP contribution in [0.25, 0.3) is 10.9 Å². The van der Waals surface area contributed by atoms with Crippen molar-refractivity contribution in [3.8, 4) is 5.75 Å². The zero-order valence-corrected chi connectivity index (χ0v) is 7.22. The van der Waals surface area contributed by atoms with E-state index in [1.165, 1.54) is 0 Å². The summed E-state index contributed by atoms with van der Waals surface area (Å²) < 4.78 is 5.04. The van der Waals surface area contributed by atoms with E-state index in [0.29, 0.717) is 10.8 Å². The first-order chi connectivity index (χ1) is 5.81. The minimum absolute atomic E-state index is 0.603. The van der Waals surface area contributed by atoms with E-state index in [1.54, 1.807) is 13.3 Å². The molecule has 0 fully saturated rings. The maximum atomic E-state index is 5.89. The number of halogens is 1. The van der Waals surface area contributed by atoms with Crippen LogP contribution in [0.1, 0.15) is 0 Å².